The Morgan fingerprint density at radius 2 is 2.54 bits per heavy atom. The minimum Gasteiger partial charge on any atom is -0.460 e. The van der Waals surface area contributed by atoms with Crippen LogP contribution in [0.1, 0.15) is 6.92 Å². The second-order valence-corrected chi connectivity index (χ2v) is 1.98. The first-order valence-electron chi connectivity index (χ1n) is 3.53. The molecule has 0 fully saturated rings. The zero-order chi connectivity index (χ0) is 9.68. The third-order valence-corrected chi connectivity index (χ3v) is 1.19. The fourth-order valence-electron chi connectivity index (χ4n) is 0.693. The highest BCUT2D eigenvalue weighted by Gasteiger charge is 2.15. The summed E-state index contributed by atoms with van der Waals surface area (Å²) in [4.78, 5) is 14.7. The summed E-state index contributed by atoms with van der Waals surface area (Å²) in [7, 11) is 0. The van der Waals surface area contributed by atoms with Crippen molar-refractivity contribution in [2.24, 2.45) is 5.16 Å². The van der Waals surface area contributed by atoms with Crippen LogP contribution in [-0.2, 0) is 9.53 Å². The molecule has 70 valence electrons. The van der Waals surface area contributed by atoms with Crippen LogP contribution in [0.25, 0.3) is 0 Å². The van der Waals surface area contributed by atoms with E-state index in [0.717, 1.165) is 4.68 Å². The van der Waals surface area contributed by atoms with Gasteiger partial charge in [0.2, 0.25) is 0 Å². The first-order valence-corrected chi connectivity index (χ1v) is 3.53. The quantitative estimate of drug-likeness (QED) is 0.208. The van der Waals surface area contributed by atoms with E-state index in [1.54, 1.807) is 6.92 Å². The van der Waals surface area contributed by atoms with Crippen LogP contribution in [0, 0.1) is 0 Å². The Labute approximate surface area is 73.6 Å². The van der Waals surface area contributed by atoms with Crippen LogP contribution in [0.3, 0.4) is 0 Å². The van der Waals surface area contributed by atoms with Gasteiger partial charge < -0.3 is 9.94 Å². The molecule has 1 N–H and O–H groups in total. The number of carbonyl (C=O) groups is 1. The molecule has 1 aromatic rings. The van der Waals surface area contributed by atoms with Gasteiger partial charge in [-0.15, -0.1) is 0 Å². The summed E-state index contributed by atoms with van der Waals surface area (Å²) in [6.45, 7) is 1.85. The van der Waals surface area contributed by atoms with Crippen molar-refractivity contribution in [2.75, 3.05) is 6.61 Å². The minimum absolute atomic E-state index is 0.201. The van der Waals surface area contributed by atoms with E-state index in [1.165, 1.54) is 12.7 Å². The molecule has 0 bridgehead atoms. The van der Waals surface area contributed by atoms with Gasteiger partial charge in [0.25, 0.3) is 5.84 Å². The average Bonchev–Trinajstić information content (AvgIpc) is 2.59. The minimum atomic E-state index is -0.754. The molecule has 1 heterocycles. The smallest absolute Gasteiger partial charge is 0.379 e. The van der Waals surface area contributed by atoms with Gasteiger partial charge in [0.05, 0.1) is 6.61 Å². The van der Waals surface area contributed by atoms with Crippen LogP contribution >= 0.6 is 0 Å². The fourth-order valence-corrected chi connectivity index (χ4v) is 0.693. The second-order valence-electron chi connectivity index (χ2n) is 1.98. The number of aromatic nitrogens is 3. The Bertz CT molecular complexity index is 306. The third-order valence-electron chi connectivity index (χ3n) is 1.19. The lowest BCUT2D eigenvalue weighted by atomic mass is 10.6. The van der Waals surface area contributed by atoms with Gasteiger partial charge in [-0.3, -0.25) is 0 Å². The summed E-state index contributed by atoms with van der Waals surface area (Å²) < 4.78 is 5.61. The van der Waals surface area contributed by atoms with Crippen LogP contribution in [0.15, 0.2) is 17.8 Å². The second kappa shape index (κ2) is 4.19. The van der Waals surface area contributed by atoms with Gasteiger partial charge >= 0.3 is 5.97 Å². The standard InChI is InChI=1S/C6H8N4O3/c1-2-13-6(11)5(9-12)10-4-7-3-8-10/h3-4,12H,2H2,1H3/b9-5-. The zero-order valence-electron chi connectivity index (χ0n) is 6.91. The predicted octanol–water partition coefficient (Wildman–Crippen LogP) is -0.523. The van der Waals surface area contributed by atoms with Crippen molar-refractivity contribution in [2.45, 2.75) is 6.92 Å². The molecule has 0 aliphatic carbocycles. The maximum absolute atomic E-state index is 11.1. The molecule has 1 aromatic heterocycles. The van der Waals surface area contributed by atoms with Crippen LogP contribution in [0.4, 0.5) is 0 Å². The van der Waals surface area contributed by atoms with E-state index in [1.807, 2.05) is 0 Å². The monoisotopic (exact) mass is 184 g/mol. The molecule has 0 saturated heterocycles. The van der Waals surface area contributed by atoms with Gasteiger partial charge in [0, 0.05) is 0 Å². The molecule has 0 atom stereocenters. The van der Waals surface area contributed by atoms with Crippen molar-refractivity contribution < 1.29 is 14.7 Å². The molecular weight excluding hydrogens is 176 g/mol. The van der Waals surface area contributed by atoms with E-state index >= 15 is 0 Å². The molecule has 0 saturated carbocycles. The maximum Gasteiger partial charge on any atom is 0.379 e. The number of oxime groups is 1. The maximum atomic E-state index is 11.1. The Morgan fingerprint density at radius 1 is 1.77 bits per heavy atom. The van der Waals surface area contributed by atoms with Crippen molar-refractivity contribution in [3.8, 4) is 0 Å². The summed E-state index contributed by atoms with van der Waals surface area (Å²) in [5.41, 5.74) is 0. The molecule has 0 spiro atoms. The topological polar surface area (TPSA) is 89.6 Å². The van der Waals surface area contributed by atoms with Gasteiger partial charge in [0.15, 0.2) is 0 Å². The number of nitrogens with zero attached hydrogens (tertiary/aromatic N) is 4. The van der Waals surface area contributed by atoms with Gasteiger partial charge in [-0.2, -0.15) is 9.78 Å². The lowest BCUT2D eigenvalue weighted by Gasteiger charge is -2.01. The summed E-state index contributed by atoms with van der Waals surface area (Å²) in [6, 6.07) is 0. The molecule has 0 aromatic carbocycles. The van der Waals surface area contributed by atoms with Gasteiger partial charge in [-0.25, -0.2) is 9.78 Å². The van der Waals surface area contributed by atoms with E-state index in [2.05, 4.69) is 20.0 Å². The van der Waals surface area contributed by atoms with Crippen molar-refractivity contribution in [1.82, 2.24) is 14.8 Å². The molecule has 7 heteroatoms. The highest BCUT2D eigenvalue weighted by Crippen LogP contribution is 1.88. The fraction of sp³-hybridized carbons (Fsp3) is 0.333. The van der Waals surface area contributed by atoms with Crippen molar-refractivity contribution in [3.63, 3.8) is 0 Å². The van der Waals surface area contributed by atoms with Crippen molar-refractivity contribution in [1.29, 1.82) is 0 Å². The molecule has 1 rings (SSSR count). The Balaban J connectivity index is 2.82. The highest BCUT2D eigenvalue weighted by atomic mass is 16.5. The predicted molar refractivity (Wildman–Crippen MR) is 41.3 cm³/mol. The molecular formula is C6H8N4O3. The van der Waals surface area contributed by atoms with E-state index in [0.29, 0.717) is 0 Å². The van der Waals surface area contributed by atoms with E-state index in [9.17, 15) is 4.79 Å². The molecule has 0 amide bonds. The largest absolute Gasteiger partial charge is 0.460 e. The number of rotatable bonds is 1. The van der Waals surface area contributed by atoms with Crippen LogP contribution < -0.4 is 0 Å². The zero-order valence-corrected chi connectivity index (χ0v) is 6.91. The van der Waals surface area contributed by atoms with Gasteiger partial charge in [0.1, 0.15) is 12.7 Å². The molecule has 13 heavy (non-hydrogen) atoms. The Kier molecular flexibility index (Phi) is 2.96. The molecule has 0 radical (unpaired) electrons. The van der Waals surface area contributed by atoms with Crippen molar-refractivity contribution >= 4 is 11.8 Å². The highest BCUT2D eigenvalue weighted by molar-refractivity contribution is 6.35. The summed E-state index contributed by atoms with van der Waals surface area (Å²) >= 11 is 0. The number of hydrogen-bond acceptors (Lipinski definition) is 6. The van der Waals surface area contributed by atoms with Crippen LogP contribution in [0.2, 0.25) is 0 Å². The Morgan fingerprint density at radius 3 is 3.00 bits per heavy atom. The molecule has 0 unspecified atom stereocenters. The first kappa shape index (κ1) is 9.17. The van der Waals surface area contributed by atoms with Crippen molar-refractivity contribution in [3.05, 3.63) is 12.7 Å². The normalized spacial score (nSPS) is 11.3. The Hall–Kier alpha value is -1.92. The van der Waals surface area contributed by atoms with E-state index in [-0.39, 0.29) is 12.4 Å². The van der Waals surface area contributed by atoms with E-state index in [4.69, 9.17) is 5.21 Å². The average molecular weight is 184 g/mol. The molecule has 7 nitrogen and oxygen atoms in total. The first-order chi connectivity index (χ1) is 6.29. The summed E-state index contributed by atoms with van der Waals surface area (Å²) in [6.07, 6.45) is 2.44. The number of esters is 1. The lowest BCUT2D eigenvalue weighted by Crippen LogP contribution is -2.25. The molecule has 0 aliphatic rings. The SMILES string of the molecule is CCOC(=O)/C(=N/O)n1cncn1. The number of ether oxygens (including phenoxy) is 1. The number of hydrogen-bond donors (Lipinski definition) is 1. The van der Waals surface area contributed by atoms with E-state index < -0.39 is 5.97 Å². The lowest BCUT2D eigenvalue weighted by molar-refractivity contribution is -0.135. The molecule has 0 aliphatic heterocycles. The summed E-state index contributed by atoms with van der Waals surface area (Å²) in [5, 5.41) is 14.8. The third kappa shape index (κ3) is 2.01. The number of carbonyl (C=O) groups excluding carboxylic acids is 1. The van der Waals surface area contributed by atoms with Gasteiger partial charge in [-0.1, -0.05) is 5.16 Å². The summed E-state index contributed by atoms with van der Waals surface area (Å²) in [5.74, 6) is -1.07. The van der Waals surface area contributed by atoms with Crippen LogP contribution in [-0.4, -0.2) is 38.4 Å². The van der Waals surface area contributed by atoms with Crippen LogP contribution in [0.5, 0.6) is 0 Å². The van der Waals surface area contributed by atoms with Gasteiger partial charge in [-0.05, 0) is 6.92 Å².